The number of hydrogen-bond acceptors (Lipinski definition) is 5. The zero-order valence-electron chi connectivity index (χ0n) is 12.3. The molecule has 0 aliphatic carbocycles. The van der Waals surface area contributed by atoms with Gasteiger partial charge in [0.1, 0.15) is 6.04 Å². The molecule has 21 heavy (non-hydrogen) atoms. The lowest BCUT2D eigenvalue weighted by molar-refractivity contribution is 0.456. The van der Waals surface area contributed by atoms with Crippen molar-refractivity contribution < 1.29 is 4.42 Å². The Morgan fingerprint density at radius 3 is 2.52 bits per heavy atom. The minimum Gasteiger partial charge on any atom is -0.418 e. The van der Waals surface area contributed by atoms with Gasteiger partial charge in [0.15, 0.2) is 0 Å². The lowest BCUT2D eigenvalue weighted by Gasteiger charge is -2.11. The Hall–Kier alpha value is -1.98. The maximum absolute atomic E-state index is 5.87. The zero-order valence-corrected chi connectivity index (χ0v) is 13.1. The van der Waals surface area contributed by atoms with E-state index in [1.54, 1.807) is 11.3 Å². The van der Waals surface area contributed by atoms with Crippen LogP contribution in [0.15, 0.2) is 40.8 Å². The summed E-state index contributed by atoms with van der Waals surface area (Å²) in [4.78, 5) is 2.30. The van der Waals surface area contributed by atoms with Crippen molar-refractivity contribution in [1.82, 2.24) is 15.5 Å². The summed E-state index contributed by atoms with van der Waals surface area (Å²) in [6, 6.07) is 12.1. The molecule has 0 saturated heterocycles. The summed E-state index contributed by atoms with van der Waals surface area (Å²) in [6.45, 7) is 4.19. The molecule has 1 atom stereocenters. The maximum atomic E-state index is 5.87. The van der Waals surface area contributed by atoms with Gasteiger partial charge in [-0.2, -0.15) is 0 Å². The molecule has 1 N–H and O–H groups in total. The third-order valence-corrected chi connectivity index (χ3v) is 4.63. The van der Waals surface area contributed by atoms with E-state index in [9.17, 15) is 0 Å². The molecule has 1 aromatic carbocycles. The number of nitrogens with zero attached hydrogens (tertiary/aromatic N) is 2. The number of nitrogens with one attached hydrogen (secondary N) is 1. The normalized spacial score (nSPS) is 12.5. The molecule has 0 radical (unpaired) electrons. The molecule has 2 aromatic heterocycles. The molecular formula is C16H17N3OS. The molecular weight excluding hydrogens is 282 g/mol. The zero-order chi connectivity index (χ0) is 14.8. The summed E-state index contributed by atoms with van der Waals surface area (Å²) in [6.07, 6.45) is 0. The first kappa shape index (κ1) is 14.0. The van der Waals surface area contributed by atoms with Crippen LogP contribution < -0.4 is 5.32 Å². The van der Waals surface area contributed by atoms with E-state index < -0.39 is 0 Å². The van der Waals surface area contributed by atoms with Crippen molar-refractivity contribution in [3.8, 4) is 10.8 Å². The number of thiophene rings is 1. The molecule has 0 spiro atoms. The molecule has 0 aliphatic heterocycles. The Morgan fingerprint density at radius 1 is 1.14 bits per heavy atom. The van der Waals surface area contributed by atoms with Crippen LogP contribution in [0.3, 0.4) is 0 Å². The van der Waals surface area contributed by atoms with E-state index in [4.69, 9.17) is 4.42 Å². The third kappa shape index (κ3) is 2.75. The van der Waals surface area contributed by atoms with E-state index in [1.807, 2.05) is 37.4 Å². The van der Waals surface area contributed by atoms with E-state index in [1.165, 1.54) is 10.4 Å². The van der Waals surface area contributed by atoms with Crippen LogP contribution in [0.4, 0.5) is 0 Å². The summed E-state index contributed by atoms with van der Waals surface area (Å²) in [5, 5.41) is 11.6. The van der Waals surface area contributed by atoms with Gasteiger partial charge in [-0.1, -0.05) is 30.3 Å². The Kier molecular flexibility index (Phi) is 3.86. The molecule has 2 heterocycles. The van der Waals surface area contributed by atoms with Crippen LogP contribution in [0.2, 0.25) is 0 Å². The van der Waals surface area contributed by atoms with E-state index in [0.717, 1.165) is 10.4 Å². The smallest absolute Gasteiger partial charge is 0.257 e. The van der Waals surface area contributed by atoms with Gasteiger partial charge in [0.05, 0.1) is 4.88 Å². The minimum atomic E-state index is -0.0883. The second-order valence-corrected chi connectivity index (χ2v) is 6.18. The van der Waals surface area contributed by atoms with E-state index >= 15 is 0 Å². The van der Waals surface area contributed by atoms with Crippen LogP contribution >= 0.6 is 11.3 Å². The lowest BCUT2D eigenvalue weighted by atomic mass is 10.1. The average Bonchev–Trinajstić information content (AvgIpc) is 3.09. The van der Waals surface area contributed by atoms with Gasteiger partial charge >= 0.3 is 0 Å². The van der Waals surface area contributed by atoms with Crippen LogP contribution in [-0.2, 0) is 0 Å². The highest BCUT2D eigenvalue weighted by Crippen LogP contribution is 2.31. The standard InChI is InChI=1S/C16H17N3OS/c1-10-9-13(21-11(10)2)15-18-19-16(20-15)14(17-3)12-7-5-4-6-8-12/h4-9,14,17H,1-3H3. The number of aryl methyl sites for hydroxylation is 2. The van der Waals surface area contributed by atoms with Crippen molar-refractivity contribution in [2.45, 2.75) is 19.9 Å². The SMILES string of the molecule is CNC(c1ccccc1)c1nnc(-c2cc(C)c(C)s2)o1. The van der Waals surface area contributed by atoms with Gasteiger partial charge in [0.2, 0.25) is 5.89 Å². The first-order valence-corrected chi connectivity index (χ1v) is 7.63. The summed E-state index contributed by atoms with van der Waals surface area (Å²) in [7, 11) is 1.89. The second-order valence-electron chi connectivity index (χ2n) is 4.93. The Morgan fingerprint density at radius 2 is 1.90 bits per heavy atom. The molecule has 4 nitrogen and oxygen atoms in total. The summed E-state index contributed by atoms with van der Waals surface area (Å²) in [5.74, 6) is 1.17. The number of aromatic nitrogens is 2. The quantitative estimate of drug-likeness (QED) is 0.797. The van der Waals surface area contributed by atoms with Gasteiger partial charge in [-0.25, -0.2) is 0 Å². The predicted octanol–water partition coefficient (Wildman–Crippen LogP) is 3.72. The van der Waals surface area contributed by atoms with Gasteiger partial charge in [-0.3, -0.25) is 0 Å². The fourth-order valence-electron chi connectivity index (χ4n) is 2.21. The summed E-state index contributed by atoms with van der Waals surface area (Å²) < 4.78 is 5.87. The topological polar surface area (TPSA) is 51.0 Å². The molecule has 3 aromatic rings. The highest BCUT2D eigenvalue weighted by atomic mass is 32.1. The van der Waals surface area contributed by atoms with Crippen molar-refractivity contribution in [3.05, 3.63) is 58.3 Å². The first-order valence-electron chi connectivity index (χ1n) is 6.82. The van der Waals surface area contributed by atoms with E-state index in [0.29, 0.717) is 11.8 Å². The molecule has 0 amide bonds. The Bertz CT molecular complexity index is 714. The fourth-order valence-corrected chi connectivity index (χ4v) is 3.16. The Labute approximate surface area is 127 Å². The minimum absolute atomic E-state index is 0.0883. The van der Waals surface area contributed by atoms with Crippen LogP contribution in [0, 0.1) is 13.8 Å². The second kappa shape index (κ2) is 5.79. The predicted molar refractivity (Wildman–Crippen MR) is 84.4 cm³/mol. The van der Waals surface area contributed by atoms with Crippen molar-refractivity contribution >= 4 is 11.3 Å². The van der Waals surface area contributed by atoms with Gasteiger partial charge in [-0.05, 0) is 38.1 Å². The molecule has 0 aliphatic rings. The van der Waals surface area contributed by atoms with Crippen molar-refractivity contribution in [3.63, 3.8) is 0 Å². The van der Waals surface area contributed by atoms with Gasteiger partial charge in [0, 0.05) is 4.88 Å². The lowest BCUT2D eigenvalue weighted by Crippen LogP contribution is -2.17. The number of benzene rings is 1. The highest BCUT2D eigenvalue weighted by Gasteiger charge is 2.20. The van der Waals surface area contributed by atoms with E-state index in [2.05, 4.69) is 35.4 Å². The average molecular weight is 299 g/mol. The Balaban J connectivity index is 1.93. The maximum Gasteiger partial charge on any atom is 0.257 e. The van der Waals surface area contributed by atoms with Crippen LogP contribution in [0.5, 0.6) is 0 Å². The van der Waals surface area contributed by atoms with Crippen LogP contribution in [0.1, 0.15) is 27.9 Å². The highest BCUT2D eigenvalue weighted by molar-refractivity contribution is 7.15. The molecule has 3 rings (SSSR count). The molecule has 0 saturated carbocycles. The third-order valence-electron chi connectivity index (χ3n) is 3.49. The van der Waals surface area contributed by atoms with E-state index in [-0.39, 0.29) is 6.04 Å². The summed E-state index contributed by atoms with van der Waals surface area (Å²) in [5.41, 5.74) is 2.36. The summed E-state index contributed by atoms with van der Waals surface area (Å²) >= 11 is 1.68. The van der Waals surface area contributed by atoms with Crippen LogP contribution in [0.25, 0.3) is 10.8 Å². The fraction of sp³-hybridized carbons (Fsp3) is 0.250. The van der Waals surface area contributed by atoms with Gasteiger partial charge in [0.25, 0.3) is 5.89 Å². The first-order chi connectivity index (χ1) is 10.2. The van der Waals surface area contributed by atoms with Crippen molar-refractivity contribution in [1.29, 1.82) is 0 Å². The van der Waals surface area contributed by atoms with Crippen molar-refractivity contribution in [2.75, 3.05) is 7.05 Å². The molecule has 1 unspecified atom stereocenters. The van der Waals surface area contributed by atoms with Crippen molar-refractivity contribution in [2.24, 2.45) is 0 Å². The molecule has 5 heteroatoms. The number of rotatable bonds is 4. The molecule has 0 bridgehead atoms. The monoisotopic (exact) mass is 299 g/mol. The molecule has 108 valence electrons. The van der Waals surface area contributed by atoms with Crippen LogP contribution in [-0.4, -0.2) is 17.2 Å². The van der Waals surface area contributed by atoms with Gasteiger partial charge in [-0.15, -0.1) is 21.5 Å². The largest absolute Gasteiger partial charge is 0.418 e. The molecule has 0 fully saturated rings. The number of hydrogen-bond donors (Lipinski definition) is 1. The van der Waals surface area contributed by atoms with Gasteiger partial charge < -0.3 is 9.73 Å².